The van der Waals surface area contributed by atoms with E-state index in [-0.39, 0.29) is 23.5 Å². The molecule has 0 saturated heterocycles. The molecule has 0 saturated carbocycles. The van der Waals surface area contributed by atoms with Crippen molar-refractivity contribution in [2.24, 2.45) is 0 Å². The van der Waals surface area contributed by atoms with Gasteiger partial charge in [-0.3, -0.25) is 9.59 Å². The Morgan fingerprint density at radius 3 is 2.37 bits per heavy atom. The first-order chi connectivity index (χ1) is 18.3. The lowest BCUT2D eigenvalue weighted by Crippen LogP contribution is -2.15. The molecule has 1 aromatic heterocycles. The van der Waals surface area contributed by atoms with Crippen molar-refractivity contribution in [2.45, 2.75) is 52.0 Å². The van der Waals surface area contributed by atoms with Crippen LogP contribution < -0.4 is 10.7 Å². The predicted octanol–water partition coefficient (Wildman–Crippen LogP) is 6.83. The summed E-state index contributed by atoms with van der Waals surface area (Å²) in [4.78, 5) is 36.5. The average molecular weight is 514 g/mol. The zero-order chi connectivity index (χ0) is 27.2. The SMILES string of the molecule is Cc1cc(C(C)Nc2ccccc2C(=O)O)c2oc(-c3ccccc3)c(CCCCCC(=O)O)c(=O)c2c1. The van der Waals surface area contributed by atoms with E-state index in [0.29, 0.717) is 53.7 Å². The molecular weight excluding hydrogens is 482 g/mol. The molecule has 7 heteroatoms. The van der Waals surface area contributed by atoms with Crippen LogP contribution >= 0.6 is 0 Å². The second kappa shape index (κ2) is 11.8. The number of aryl methyl sites for hydroxylation is 1. The Morgan fingerprint density at radius 1 is 0.947 bits per heavy atom. The number of hydrogen-bond acceptors (Lipinski definition) is 5. The zero-order valence-electron chi connectivity index (χ0n) is 21.5. The van der Waals surface area contributed by atoms with Gasteiger partial charge in [-0.15, -0.1) is 0 Å². The van der Waals surface area contributed by atoms with Gasteiger partial charge in [0.15, 0.2) is 5.43 Å². The van der Waals surface area contributed by atoms with Gasteiger partial charge in [0.1, 0.15) is 11.3 Å². The second-order valence-corrected chi connectivity index (χ2v) is 9.51. The number of para-hydroxylation sites is 1. The number of nitrogens with one attached hydrogen (secondary N) is 1. The Balaban J connectivity index is 1.80. The van der Waals surface area contributed by atoms with Crippen molar-refractivity contribution in [3.8, 4) is 11.3 Å². The molecule has 4 aromatic rings. The van der Waals surface area contributed by atoms with Crippen molar-refractivity contribution >= 4 is 28.6 Å². The maximum atomic E-state index is 13.9. The molecule has 7 nitrogen and oxygen atoms in total. The summed E-state index contributed by atoms with van der Waals surface area (Å²) in [5.74, 6) is -1.35. The van der Waals surface area contributed by atoms with Crippen LogP contribution in [-0.4, -0.2) is 22.2 Å². The first kappa shape index (κ1) is 26.7. The summed E-state index contributed by atoms with van der Waals surface area (Å²) in [6, 6.07) is 19.6. The van der Waals surface area contributed by atoms with E-state index in [4.69, 9.17) is 9.52 Å². The van der Waals surface area contributed by atoms with E-state index in [0.717, 1.165) is 16.7 Å². The smallest absolute Gasteiger partial charge is 0.337 e. The molecule has 0 aliphatic rings. The van der Waals surface area contributed by atoms with Gasteiger partial charge in [0.25, 0.3) is 0 Å². The van der Waals surface area contributed by atoms with Gasteiger partial charge in [0, 0.05) is 28.8 Å². The van der Waals surface area contributed by atoms with Gasteiger partial charge in [0.05, 0.1) is 17.0 Å². The lowest BCUT2D eigenvalue weighted by atomic mass is 9.96. The highest BCUT2D eigenvalue weighted by Crippen LogP contribution is 2.33. The lowest BCUT2D eigenvalue weighted by molar-refractivity contribution is -0.137. The predicted molar refractivity (Wildman–Crippen MR) is 148 cm³/mol. The third-order valence-corrected chi connectivity index (χ3v) is 6.61. The normalized spacial score (nSPS) is 11.8. The van der Waals surface area contributed by atoms with Crippen molar-refractivity contribution in [3.05, 3.63) is 99.2 Å². The molecule has 3 aromatic carbocycles. The largest absolute Gasteiger partial charge is 0.481 e. The van der Waals surface area contributed by atoms with E-state index in [1.807, 2.05) is 56.3 Å². The Labute approximate surface area is 220 Å². The number of benzene rings is 3. The highest BCUT2D eigenvalue weighted by molar-refractivity contribution is 5.94. The highest BCUT2D eigenvalue weighted by atomic mass is 16.4. The van der Waals surface area contributed by atoms with Gasteiger partial charge in [-0.2, -0.15) is 0 Å². The number of hydrogen-bond donors (Lipinski definition) is 3. The van der Waals surface area contributed by atoms with Crippen LogP contribution in [0.25, 0.3) is 22.3 Å². The number of fused-ring (bicyclic) bond motifs is 1. The van der Waals surface area contributed by atoms with Gasteiger partial charge in [-0.1, -0.05) is 55.0 Å². The summed E-state index contributed by atoms with van der Waals surface area (Å²) in [6.45, 7) is 3.82. The Bertz CT molecular complexity index is 1520. The number of aromatic carboxylic acids is 1. The van der Waals surface area contributed by atoms with Crippen molar-refractivity contribution < 1.29 is 24.2 Å². The van der Waals surface area contributed by atoms with Crippen LogP contribution in [0.15, 0.2) is 75.9 Å². The summed E-state index contributed by atoms with van der Waals surface area (Å²) >= 11 is 0. The summed E-state index contributed by atoms with van der Waals surface area (Å²) < 4.78 is 6.53. The van der Waals surface area contributed by atoms with Crippen molar-refractivity contribution in [1.29, 1.82) is 0 Å². The van der Waals surface area contributed by atoms with Crippen LogP contribution in [0.2, 0.25) is 0 Å². The molecule has 1 heterocycles. The summed E-state index contributed by atoms with van der Waals surface area (Å²) in [5, 5.41) is 22.3. The highest BCUT2D eigenvalue weighted by Gasteiger charge is 2.21. The van der Waals surface area contributed by atoms with E-state index in [9.17, 15) is 19.5 Å². The molecule has 0 fully saturated rings. The quantitative estimate of drug-likeness (QED) is 0.188. The fourth-order valence-electron chi connectivity index (χ4n) is 4.75. The van der Waals surface area contributed by atoms with Crippen LogP contribution in [-0.2, 0) is 11.2 Å². The number of aliphatic carboxylic acids is 1. The maximum absolute atomic E-state index is 13.9. The third-order valence-electron chi connectivity index (χ3n) is 6.61. The van der Waals surface area contributed by atoms with E-state index in [1.54, 1.807) is 24.3 Å². The summed E-state index contributed by atoms with van der Waals surface area (Å²) in [6.07, 6.45) is 2.51. The molecule has 1 unspecified atom stereocenters. The van der Waals surface area contributed by atoms with E-state index in [2.05, 4.69) is 5.32 Å². The van der Waals surface area contributed by atoms with Gasteiger partial charge in [0.2, 0.25) is 0 Å². The standard InChI is InChI=1S/C31H31NO6/c1-19-17-24(20(2)32-26-15-10-9-13-22(26)31(36)37)30-25(18-19)28(35)23(14-7-4-8-16-27(33)34)29(38-30)21-11-5-3-6-12-21/h3,5-6,9-13,15,17-18,20,32H,4,7-8,14,16H2,1-2H3,(H,33,34)(H,36,37). The summed E-state index contributed by atoms with van der Waals surface area (Å²) in [5.41, 5.74) is 4.00. The topological polar surface area (TPSA) is 117 Å². The minimum atomic E-state index is -1.03. The van der Waals surface area contributed by atoms with Crippen LogP contribution in [0, 0.1) is 6.92 Å². The molecule has 3 N–H and O–H groups in total. The Hall–Kier alpha value is -4.39. The molecule has 0 spiro atoms. The molecule has 196 valence electrons. The van der Waals surface area contributed by atoms with E-state index >= 15 is 0 Å². The molecule has 0 radical (unpaired) electrons. The van der Waals surface area contributed by atoms with Crippen molar-refractivity contribution in [3.63, 3.8) is 0 Å². The molecular formula is C31H31NO6. The monoisotopic (exact) mass is 513 g/mol. The van der Waals surface area contributed by atoms with Crippen LogP contribution in [0.5, 0.6) is 0 Å². The lowest BCUT2D eigenvalue weighted by Gasteiger charge is -2.20. The van der Waals surface area contributed by atoms with Crippen LogP contribution in [0.1, 0.15) is 65.7 Å². The minimum absolute atomic E-state index is 0.105. The number of carboxylic acid groups (broad SMARTS) is 2. The number of carboxylic acids is 2. The van der Waals surface area contributed by atoms with Gasteiger partial charge >= 0.3 is 11.9 Å². The second-order valence-electron chi connectivity index (χ2n) is 9.51. The summed E-state index contributed by atoms with van der Waals surface area (Å²) in [7, 11) is 0. The number of carbonyl (C=O) groups is 2. The number of anilines is 1. The third kappa shape index (κ3) is 5.94. The fraction of sp³-hybridized carbons (Fsp3) is 0.258. The fourth-order valence-corrected chi connectivity index (χ4v) is 4.75. The molecule has 0 aliphatic heterocycles. The maximum Gasteiger partial charge on any atom is 0.337 e. The first-order valence-electron chi connectivity index (χ1n) is 12.7. The van der Waals surface area contributed by atoms with E-state index < -0.39 is 11.9 Å². The van der Waals surface area contributed by atoms with Crippen LogP contribution in [0.4, 0.5) is 5.69 Å². The minimum Gasteiger partial charge on any atom is -0.481 e. The van der Waals surface area contributed by atoms with Gasteiger partial charge in [-0.05, 0) is 56.9 Å². The molecule has 38 heavy (non-hydrogen) atoms. The average Bonchev–Trinajstić information content (AvgIpc) is 2.89. The van der Waals surface area contributed by atoms with Crippen LogP contribution in [0.3, 0.4) is 0 Å². The molecule has 1 atom stereocenters. The van der Waals surface area contributed by atoms with E-state index in [1.165, 1.54) is 0 Å². The number of unbranched alkanes of at least 4 members (excludes halogenated alkanes) is 2. The van der Waals surface area contributed by atoms with Gasteiger partial charge in [-0.25, -0.2) is 4.79 Å². The molecule has 0 amide bonds. The number of rotatable bonds is 11. The van der Waals surface area contributed by atoms with Crippen molar-refractivity contribution in [1.82, 2.24) is 0 Å². The molecule has 4 rings (SSSR count). The van der Waals surface area contributed by atoms with Crippen molar-refractivity contribution in [2.75, 3.05) is 5.32 Å². The molecule has 0 aliphatic carbocycles. The first-order valence-corrected chi connectivity index (χ1v) is 12.7. The van der Waals surface area contributed by atoms with Gasteiger partial charge < -0.3 is 19.9 Å². The zero-order valence-corrected chi connectivity index (χ0v) is 21.5. The Morgan fingerprint density at radius 2 is 1.66 bits per heavy atom. The molecule has 0 bridgehead atoms. The Kier molecular flexibility index (Phi) is 8.26.